The molecule has 0 aliphatic rings. The third-order valence-corrected chi connectivity index (χ3v) is 11.1. The average Bonchev–Trinajstić information content (AvgIpc) is 1.79. The van der Waals surface area contributed by atoms with Crippen molar-refractivity contribution in [2.45, 2.75) is 18.3 Å². The van der Waals surface area contributed by atoms with E-state index < -0.39 is 11.7 Å². The Balaban J connectivity index is 3.44. The van der Waals surface area contributed by atoms with E-state index in [-0.39, 0.29) is 0 Å². The van der Waals surface area contributed by atoms with Crippen LogP contribution in [0.3, 0.4) is 0 Å². The molecule has 1 nitrogen and oxygen atoms in total. The summed E-state index contributed by atoms with van der Waals surface area (Å²) in [7, 11) is 0. The van der Waals surface area contributed by atoms with Gasteiger partial charge in [-0.1, -0.05) is 0 Å². The van der Waals surface area contributed by atoms with Crippen LogP contribution in [0, 0.1) is 5.92 Å². The molecular weight excluding hydrogens is 444 g/mol. The first-order chi connectivity index (χ1) is 4.95. The molecule has 0 amide bonds. The Morgan fingerprint density at radius 3 is 2.27 bits per heavy atom. The van der Waals surface area contributed by atoms with Crippen LogP contribution in [0.15, 0.2) is 0 Å². The molecule has 0 aliphatic heterocycles. The Labute approximate surface area is 91.2 Å². The Morgan fingerprint density at radius 2 is 1.91 bits per heavy atom. The van der Waals surface area contributed by atoms with Crippen molar-refractivity contribution < 1.29 is 0 Å². The van der Waals surface area contributed by atoms with Gasteiger partial charge >= 0.3 is 92.4 Å². The van der Waals surface area contributed by atoms with E-state index >= 15 is 0 Å². The van der Waals surface area contributed by atoms with E-state index in [2.05, 4.69) is 57.3 Å². The molecule has 0 aromatic rings. The normalized spacial score (nSPS) is 15.0. The van der Waals surface area contributed by atoms with Gasteiger partial charge in [-0.05, 0) is 0 Å². The number of nitrogens with one attached hydrogen (secondary N) is 1. The Kier molecular flexibility index (Phi) is 7.95. The Morgan fingerprint density at radius 1 is 1.36 bits per heavy atom. The molecule has 0 bridgehead atoms. The number of halogens is 3. The summed E-state index contributed by atoms with van der Waals surface area (Å²) in [5.41, 5.74) is 0. The molecule has 0 heterocycles. The topological polar surface area (TPSA) is 12.0 Å². The van der Waals surface area contributed by atoms with Gasteiger partial charge in [0.15, 0.2) is 0 Å². The van der Waals surface area contributed by atoms with Crippen molar-refractivity contribution in [3.05, 3.63) is 0 Å². The van der Waals surface area contributed by atoms with E-state index in [0.717, 1.165) is 19.0 Å². The molecule has 0 aromatic carbocycles. The molecule has 0 spiro atoms. The summed E-state index contributed by atoms with van der Waals surface area (Å²) >= 11 is 9.03. The van der Waals surface area contributed by atoms with Crippen LogP contribution in [-0.2, 0) is 0 Å². The van der Waals surface area contributed by atoms with E-state index in [1.165, 1.54) is 4.44 Å². The Hall–Kier alpha value is 2.20. The second kappa shape index (κ2) is 6.62. The van der Waals surface area contributed by atoms with Crippen molar-refractivity contribution in [2.24, 2.45) is 5.92 Å². The zero-order chi connectivity index (χ0) is 8.91. The maximum absolute atomic E-state index is 3.69. The molecule has 1 atom stereocenters. The summed E-state index contributed by atoms with van der Waals surface area (Å²) in [5.74, 6) is 0.754. The second-order valence-electron chi connectivity index (χ2n) is 2.73. The second-order valence-corrected chi connectivity index (χ2v) is 56.1. The van der Waals surface area contributed by atoms with E-state index in [1.807, 2.05) is 0 Å². The Bertz CT molecular complexity index is 104. The predicted molar refractivity (Wildman–Crippen MR) is 65.0 cm³/mol. The van der Waals surface area contributed by atoms with Gasteiger partial charge in [-0.2, -0.15) is 0 Å². The number of hydrogen-bond acceptors (Lipinski definition) is 1. The van der Waals surface area contributed by atoms with Crippen molar-refractivity contribution in [3.8, 4) is 0 Å². The van der Waals surface area contributed by atoms with Gasteiger partial charge < -0.3 is 0 Å². The molecule has 68 valence electrons. The molecule has 1 N–H and O–H groups in total. The van der Waals surface area contributed by atoms with Crippen molar-refractivity contribution in [2.75, 3.05) is 13.1 Å². The molecule has 0 saturated heterocycles. The van der Waals surface area contributed by atoms with Crippen LogP contribution in [0.5, 0.6) is 0 Å². The fourth-order valence-electron chi connectivity index (χ4n) is 0.858. The van der Waals surface area contributed by atoms with E-state index in [0.29, 0.717) is 0 Å². The van der Waals surface area contributed by atoms with Crippen LogP contribution in [0.1, 0.15) is 13.8 Å². The van der Waals surface area contributed by atoms with Crippen LogP contribution >= 0.6 is 38.1 Å². The zero-order valence-electron chi connectivity index (χ0n) is 6.83. The van der Waals surface area contributed by atoms with Gasteiger partial charge in [-0.25, -0.2) is 0 Å². The SMILES string of the molecule is CCNCC(C)[CH2][Sn]([Br])([Br])[Br]. The van der Waals surface area contributed by atoms with Gasteiger partial charge in [-0.3, -0.25) is 0 Å². The minimum atomic E-state index is -2.03. The molecule has 0 rings (SSSR count). The molecule has 0 fully saturated rings. The van der Waals surface area contributed by atoms with Crippen LogP contribution in [-0.4, -0.2) is 24.8 Å². The van der Waals surface area contributed by atoms with Crippen molar-refractivity contribution in [1.29, 1.82) is 0 Å². The van der Waals surface area contributed by atoms with Crippen LogP contribution in [0.4, 0.5) is 0 Å². The first-order valence-electron chi connectivity index (χ1n) is 3.73. The first kappa shape index (κ1) is 13.2. The summed E-state index contributed by atoms with van der Waals surface area (Å²) in [5, 5.41) is 3.34. The fourth-order valence-corrected chi connectivity index (χ4v) is 14.6. The van der Waals surface area contributed by atoms with E-state index in [4.69, 9.17) is 0 Å². The van der Waals surface area contributed by atoms with Crippen LogP contribution in [0.25, 0.3) is 0 Å². The van der Waals surface area contributed by atoms with Gasteiger partial charge in [0.05, 0.1) is 0 Å². The molecule has 0 radical (unpaired) electrons. The number of rotatable bonds is 5. The monoisotopic (exact) mass is 457 g/mol. The van der Waals surface area contributed by atoms with E-state index in [1.54, 1.807) is 0 Å². The fraction of sp³-hybridized carbons (Fsp3) is 1.00. The predicted octanol–water partition coefficient (Wildman–Crippen LogP) is 3.36. The van der Waals surface area contributed by atoms with Crippen LogP contribution in [0.2, 0.25) is 4.44 Å². The molecule has 0 aromatic heterocycles. The summed E-state index contributed by atoms with van der Waals surface area (Å²) in [6.45, 7) is 6.61. The van der Waals surface area contributed by atoms with Crippen LogP contribution < -0.4 is 5.32 Å². The van der Waals surface area contributed by atoms with Gasteiger partial charge in [0.25, 0.3) is 0 Å². The molecule has 1 unspecified atom stereocenters. The molecule has 5 heteroatoms. The minimum absolute atomic E-state index is 0.754. The zero-order valence-corrected chi connectivity index (χ0v) is 14.4. The molecular formula is C6H14Br3NSn. The van der Waals surface area contributed by atoms with Gasteiger partial charge in [0, 0.05) is 0 Å². The number of hydrogen-bond donors (Lipinski definition) is 1. The summed E-state index contributed by atoms with van der Waals surface area (Å²) in [6.07, 6.45) is 0. The quantitative estimate of drug-likeness (QED) is 0.623. The third kappa shape index (κ3) is 10.1. The molecule has 11 heavy (non-hydrogen) atoms. The third-order valence-electron chi connectivity index (χ3n) is 1.32. The van der Waals surface area contributed by atoms with Crippen molar-refractivity contribution in [3.63, 3.8) is 0 Å². The molecule has 0 saturated carbocycles. The first-order valence-corrected chi connectivity index (χ1v) is 24.9. The maximum atomic E-state index is 3.69. The van der Waals surface area contributed by atoms with Gasteiger partial charge in [0.2, 0.25) is 0 Å². The summed E-state index contributed by atoms with van der Waals surface area (Å²) in [6, 6.07) is 0. The summed E-state index contributed by atoms with van der Waals surface area (Å²) < 4.78 is 1.27. The van der Waals surface area contributed by atoms with Crippen molar-refractivity contribution in [1.82, 2.24) is 5.32 Å². The summed E-state index contributed by atoms with van der Waals surface area (Å²) in [4.78, 5) is 0. The average molecular weight is 459 g/mol. The molecule has 0 aliphatic carbocycles. The van der Waals surface area contributed by atoms with E-state index in [9.17, 15) is 0 Å². The van der Waals surface area contributed by atoms with Crippen molar-refractivity contribution >= 4 is 49.8 Å². The van der Waals surface area contributed by atoms with Gasteiger partial charge in [-0.15, -0.1) is 0 Å². The standard InChI is InChI=1S/C6H14N.3BrH.Sn/c1-4-7-5-6(2)3;;;;/h6-7H,2,4-5H2,1,3H3;3*1H;/q;;;;+3/p-3. The van der Waals surface area contributed by atoms with Gasteiger partial charge in [0.1, 0.15) is 0 Å².